The lowest BCUT2D eigenvalue weighted by Crippen LogP contribution is -2.50. The van der Waals surface area contributed by atoms with Crippen LogP contribution in [0.1, 0.15) is 31.7 Å². The molecule has 0 radical (unpaired) electrons. The van der Waals surface area contributed by atoms with Crippen LogP contribution in [-0.2, 0) is 11.2 Å². The zero-order valence-corrected chi connectivity index (χ0v) is 12.2. The van der Waals surface area contributed by atoms with Gasteiger partial charge in [-0.25, -0.2) is 0 Å². The molecule has 1 aromatic carbocycles. The van der Waals surface area contributed by atoms with E-state index < -0.39 is 6.04 Å². The van der Waals surface area contributed by atoms with E-state index in [-0.39, 0.29) is 18.3 Å². The number of piperidine rings is 1. The van der Waals surface area contributed by atoms with Gasteiger partial charge in [0.25, 0.3) is 0 Å². The maximum Gasteiger partial charge on any atom is 0.240 e. The molecule has 0 aromatic heterocycles. The van der Waals surface area contributed by atoms with Crippen molar-refractivity contribution in [2.75, 3.05) is 6.54 Å². The van der Waals surface area contributed by atoms with Crippen molar-refractivity contribution in [2.24, 2.45) is 5.73 Å². The van der Waals surface area contributed by atoms with Crippen molar-refractivity contribution in [1.82, 2.24) is 4.90 Å². The summed E-state index contributed by atoms with van der Waals surface area (Å²) in [7, 11) is 0. The SMILES string of the molecule is CC1CCCCN1C(=O)[C@@H](N)Cc1ccccc1.Cl. The zero-order valence-electron chi connectivity index (χ0n) is 11.4. The molecule has 1 saturated heterocycles. The Morgan fingerprint density at radius 1 is 1.37 bits per heavy atom. The molecule has 1 fully saturated rings. The Balaban J connectivity index is 0.00000180. The quantitative estimate of drug-likeness (QED) is 0.925. The summed E-state index contributed by atoms with van der Waals surface area (Å²) in [4.78, 5) is 14.3. The number of hydrogen-bond acceptors (Lipinski definition) is 2. The molecule has 1 heterocycles. The van der Waals surface area contributed by atoms with E-state index in [1.54, 1.807) is 0 Å². The summed E-state index contributed by atoms with van der Waals surface area (Å²) in [6, 6.07) is 9.91. The summed E-state index contributed by atoms with van der Waals surface area (Å²) in [6.07, 6.45) is 4.06. The van der Waals surface area contributed by atoms with Gasteiger partial charge < -0.3 is 10.6 Å². The first-order chi connectivity index (χ1) is 8.68. The number of likely N-dealkylation sites (tertiary alicyclic amines) is 1. The molecule has 1 amide bonds. The minimum Gasteiger partial charge on any atom is -0.339 e. The monoisotopic (exact) mass is 282 g/mol. The number of nitrogens with two attached hydrogens (primary N) is 1. The maximum absolute atomic E-state index is 12.3. The summed E-state index contributed by atoms with van der Waals surface area (Å²) in [5.41, 5.74) is 7.18. The zero-order chi connectivity index (χ0) is 13.0. The number of rotatable bonds is 3. The van der Waals surface area contributed by atoms with Gasteiger partial charge in [-0.05, 0) is 38.2 Å². The van der Waals surface area contributed by atoms with E-state index in [0.29, 0.717) is 12.5 Å². The maximum atomic E-state index is 12.3. The average Bonchev–Trinajstić information content (AvgIpc) is 2.39. The molecule has 0 bridgehead atoms. The second-order valence-electron chi connectivity index (χ2n) is 5.17. The topological polar surface area (TPSA) is 46.3 Å². The minimum absolute atomic E-state index is 0. The van der Waals surface area contributed by atoms with Crippen LogP contribution in [0, 0.1) is 0 Å². The third kappa shape index (κ3) is 4.22. The third-order valence-electron chi connectivity index (χ3n) is 3.70. The van der Waals surface area contributed by atoms with Gasteiger partial charge in [-0.15, -0.1) is 12.4 Å². The molecule has 1 aromatic rings. The number of halogens is 1. The first-order valence-corrected chi connectivity index (χ1v) is 6.78. The van der Waals surface area contributed by atoms with Crippen molar-refractivity contribution >= 4 is 18.3 Å². The number of nitrogens with zero attached hydrogens (tertiary/aromatic N) is 1. The van der Waals surface area contributed by atoms with Gasteiger partial charge in [0.05, 0.1) is 6.04 Å². The van der Waals surface area contributed by atoms with Crippen molar-refractivity contribution in [3.05, 3.63) is 35.9 Å². The van der Waals surface area contributed by atoms with E-state index in [4.69, 9.17) is 5.73 Å². The minimum atomic E-state index is -0.409. The van der Waals surface area contributed by atoms with Gasteiger partial charge in [0.2, 0.25) is 5.91 Å². The van der Waals surface area contributed by atoms with Gasteiger partial charge in [0.15, 0.2) is 0 Å². The Labute approximate surface area is 121 Å². The van der Waals surface area contributed by atoms with Crippen LogP contribution in [0.3, 0.4) is 0 Å². The van der Waals surface area contributed by atoms with Gasteiger partial charge in [0.1, 0.15) is 0 Å². The van der Waals surface area contributed by atoms with E-state index in [0.717, 1.165) is 24.9 Å². The fraction of sp³-hybridized carbons (Fsp3) is 0.533. The number of hydrogen-bond donors (Lipinski definition) is 1. The smallest absolute Gasteiger partial charge is 0.240 e. The van der Waals surface area contributed by atoms with Crippen LogP contribution in [0.4, 0.5) is 0 Å². The molecule has 2 N–H and O–H groups in total. The molecular formula is C15H23ClN2O. The van der Waals surface area contributed by atoms with Gasteiger partial charge in [-0.1, -0.05) is 30.3 Å². The van der Waals surface area contributed by atoms with Crippen molar-refractivity contribution in [3.63, 3.8) is 0 Å². The normalized spacial score (nSPS) is 20.5. The molecule has 1 aliphatic heterocycles. The summed E-state index contributed by atoms with van der Waals surface area (Å²) >= 11 is 0. The third-order valence-corrected chi connectivity index (χ3v) is 3.70. The first-order valence-electron chi connectivity index (χ1n) is 6.78. The van der Waals surface area contributed by atoms with E-state index >= 15 is 0 Å². The van der Waals surface area contributed by atoms with Crippen LogP contribution in [0.25, 0.3) is 0 Å². The van der Waals surface area contributed by atoms with Crippen molar-refractivity contribution in [1.29, 1.82) is 0 Å². The second-order valence-corrected chi connectivity index (χ2v) is 5.17. The van der Waals surface area contributed by atoms with Crippen LogP contribution in [0.2, 0.25) is 0 Å². The Morgan fingerprint density at radius 3 is 2.68 bits per heavy atom. The Bertz CT molecular complexity index is 396. The van der Waals surface area contributed by atoms with Crippen LogP contribution in [0.15, 0.2) is 30.3 Å². The fourth-order valence-corrected chi connectivity index (χ4v) is 2.59. The molecule has 19 heavy (non-hydrogen) atoms. The van der Waals surface area contributed by atoms with Crippen LogP contribution < -0.4 is 5.73 Å². The van der Waals surface area contributed by atoms with E-state index in [1.165, 1.54) is 6.42 Å². The lowest BCUT2D eigenvalue weighted by molar-refractivity contribution is -0.135. The number of carbonyl (C=O) groups excluding carboxylic acids is 1. The highest BCUT2D eigenvalue weighted by Gasteiger charge is 2.27. The number of amides is 1. The molecule has 0 spiro atoms. The molecule has 0 saturated carbocycles. The van der Waals surface area contributed by atoms with Crippen LogP contribution in [-0.4, -0.2) is 29.4 Å². The standard InChI is InChI=1S/C15H22N2O.ClH/c1-12-7-5-6-10-17(12)15(18)14(16)11-13-8-3-2-4-9-13;/h2-4,8-9,12,14H,5-7,10-11,16H2,1H3;1H/t12?,14-;/m0./s1. The van der Waals surface area contributed by atoms with Crippen LogP contribution in [0.5, 0.6) is 0 Å². The molecule has 2 atom stereocenters. The van der Waals surface area contributed by atoms with Crippen molar-refractivity contribution in [2.45, 2.75) is 44.7 Å². The van der Waals surface area contributed by atoms with Gasteiger partial charge in [-0.3, -0.25) is 4.79 Å². The second kappa shape index (κ2) is 7.51. The fourth-order valence-electron chi connectivity index (χ4n) is 2.59. The largest absolute Gasteiger partial charge is 0.339 e. The highest BCUT2D eigenvalue weighted by molar-refractivity contribution is 5.85. The molecule has 2 rings (SSSR count). The Morgan fingerprint density at radius 2 is 2.05 bits per heavy atom. The van der Waals surface area contributed by atoms with E-state index in [9.17, 15) is 4.79 Å². The number of benzene rings is 1. The molecule has 4 heteroatoms. The van der Waals surface area contributed by atoms with Crippen LogP contribution >= 0.6 is 12.4 Å². The highest BCUT2D eigenvalue weighted by atomic mass is 35.5. The van der Waals surface area contributed by atoms with E-state index in [1.807, 2.05) is 35.2 Å². The molecule has 1 aliphatic rings. The lowest BCUT2D eigenvalue weighted by Gasteiger charge is -2.35. The summed E-state index contributed by atoms with van der Waals surface area (Å²) in [5, 5.41) is 0. The predicted octanol–water partition coefficient (Wildman–Crippen LogP) is 2.38. The summed E-state index contributed by atoms with van der Waals surface area (Å²) < 4.78 is 0. The molecule has 106 valence electrons. The predicted molar refractivity (Wildman–Crippen MR) is 80.4 cm³/mol. The van der Waals surface area contributed by atoms with Crippen molar-refractivity contribution < 1.29 is 4.79 Å². The molecular weight excluding hydrogens is 260 g/mol. The van der Waals surface area contributed by atoms with Crippen molar-refractivity contribution in [3.8, 4) is 0 Å². The van der Waals surface area contributed by atoms with E-state index in [2.05, 4.69) is 6.92 Å². The Hall–Kier alpha value is -1.06. The molecule has 1 unspecified atom stereocenters. The lowest BCUT2D eigenvalue weighted by atomic mass is 10.0. The van der Waals surface area contributed by atoms with Gasteiger partial charge >= 0.3 is 0 Å². The van der Waals surface area contributed by atoms with Gasteiger partial charge in [-0.2, -0.15) is 0 Å². The average molecular weight is 283 g/mol. The number of carbonyl (C=O) groups is 1. The first kappa shape index (κ1) is 16.0. The van der Waals surface area contributed by atoms with Gasteiger partial charge in [0, 0.05) is 12.6 Å². The molecule has 0 aliphatic carbocycles. The summed E-state index contributed by atoms with van der Waals surface area (Å²) in [6.45, 7) is 2.98. The molecule has 3 nitrogen and oxygen atoms in total. The summed E-state index contributed by atoms with van der Waals surface area (Å²) in [5.74, 6) is 0.103. The Kier molecular flexibility index (Phi) is 6.32. The highest BCUT2D eigenvalue weighted by Crippen LogP contribution is 2.17.